The van der Waals surface area contributed by atoms with Gasteiger partial charge in [0, 0.05) is 52.4 Å². The van der Waals surface area contributed by atoms with Crippen molar-refractivity contribution >= 4 is 75.7 Å². The molecule has 2 aromatic heterocycles. The highest BCUT2D eigenvalue weighted by Gasteiger charge is 2.44. The normalized spacial score (nSPS) is 16.1. The summed E-state index contributed by atoms with van der Waals surface area (Å²) >= 11 is 7.83. The van der Waals surface area contributed by atoms with Crippen molar-refractivity contribution in [2.24, 2.45) is 0 Å². The van der Waals surface area contributed by atoms with Gasteiger partial charge in [-0.3, -0.25) is 0 Å². The first-order chi connectivity index (χ1) is 19.2. The maximum absolute atomic E-state index is 6.62. The van der Waals surface area contributed by atoms with E-state index in [9.17, 15) is 0 Å². The number of halogens is 2. The SMILES string of the molecule is CC1(C)c2cc3c(cc2-c2c1cc(Br)c1c2oc2ccccc21)C(C)(C)c1cc(Br)c2c(oc4ccccc42)c1-3. The summed E-state index contributed by atoms with van der Waals surface area (Å²) in [5, 5.41) is 4.58. The molecule has 2 aliphatic carbocycles. The highest BCUT2D eigenvalue weighted by Crippen LogP contribution is 2.60. The van der Waals surface area contributed by atoms with Crippen molar-refractivity contribution in [1.29, 1.82) is 0 Å². The average molecular weight is 648 g/mol. The smallest absolute Gasteiger partial charge is 0.144 e. The Morgan fingerprint density at radius 2 is 0.925 bits per heavy atom. The largest absolute Gasteiger partial charge is 0.455 e. The van der Waals surface area contributed by atoms with Crippen LogP contribution in [0.4, 0.5) is 0 Å². The molecule has 0 radical (unpaired) electrons. The Hall–Kier alpha value is -3.34. The van der Waals surface area contributed by atoms with Gasteiger partial charge in [0.05, 0.1) is 0 Å². The van der Waals surface area contributed by atoms with Crippen LogP contribution >= 0.6 is 31.9 Å². The molecule has 0 saturated heterocycles. The van der Waals surface area contributed by atoms with Gasteiger partial charge in [-0.2, -0.15) is 0 Å². The number of hydrogen-bond donors (Lipinski definition) is 0. The number of fused-ring (bicyclic) bond motifs is 14. The second-order valence-corrected chi connectivity index (χ2v) is 14.1. The molecule has 0 amide bonds. The Kier molecular flexibility index (Phi) is 4.26. The predicted octanol–water partition coefficient (Wildman–Crippen LogP) is 11.6. The molecular formula is C36H24Br2O2. The fraction of sp³-hybridized carbons (Fsp3) is 0.167. The van der Waals surface area contributed by atoms with Gasteiger partial charge in [0.25, 0.3) is 0 Å². The van der Waals surface area contributed by atoms with Crippen LogP contribution in [0.5, 0.6) is 0 Å². The van der Waals surface area contributed by atoms with Crippen molar-refractivity contribution in [3.05, 3.63) is 104 Å². The van der Waals surface area contributed by atoms with Crippen molar-refractivity contribution < 1.29 is 8.83 Å². The zero-order valence-corrected chi connectivity index (χ0v) is 25.7. The van der Waals surface area contributed by atoms with Gasteiger partial charge >= 0.3 is 0 Å². The molecule has 40 heavy (non-hydrogen) atoms. The van der Waals surface area contributed by atoms with Gasteiger partial charge in [0.15, 0.2) is 0 Å². The van der Waals surface area contributed by atoms with E-state index in [4.69, 9.17) is 8.83 Å². The molecule has 2 aliphatic rings. The van der Waals surface area contributed by atoms with Crippen LogP contribution in [-0.4, -0.2) is 0 Å². The summed E-state index contributed by atoms with van der Waals surface area (Å²) in [6.07, 6.45) is 0. The second-order valence-electron chi connectivity index (χ2n) is 12.4. The second kappa shape index (κ2) is 7.29. The van der Waals surface area contributed by atoms with Gasteiger partial charge < -0.3 is 8.83 Å². The van der Waals surface area contributed by atoms with E-state index in [0.717, 1.165) is 52.8 Å². The maximum atomic E-state index is 6.62. The maximum Gasteiger partial charge on any atom is 0.144 e. The molecule has 2 nitrogen and oxygen atoms in total. The molecule has 4 heteroatoms. The van der Waals surface area contributed by atoms with Crippen LogP contribution in [0.2, 0.25) is 0 Å². The Morgan fingerprint density at radius 1 is 0.525 bits per heavy atom. The van der Waals surface area contributed by atoms with E-state index in [2.05, 4.69) is 120 Å². The van der Waals surface area contributed by atoms with E-state index in [1.165, 1.54) is 44.5 Å². The molecular weight excluding hydrogens is 624 g/mol. The Morgan fingerprint density at radius 3 is 1.35 bits per heavy atom. The molecule has 0 spiro atoms. The molecule has 0 N–H and O–H groups in total. The van der Waals surface area contributed by atoms with E-state index in [1.54, 1.807) is 0 Å². The van der Waals surface area contributed by atoms with Crippen LogP contribution in [0, 0.1) is 0 Å². The first-order valence-corrected chi connectivity index (χ1v) is 15.2. The third kappa shape index (κ3) is 2.61. The van der Waals surface area contributed by atoms with Crippen molar-refractivity contribution in [3.63, 3.8) is 0 Å². The summed E-state index contributed by atoms with van der Waals surface area (Å²) in [7, 11) is 0. The molecule has 0 atom stereocenters. The highest BCUT2D eigenvalue weighted by molar-refractivity contribution is 9.11. The van der Waals surface area contributed by atoms with E-state index in [0.29, 0.717) is 0 Å². The van der Waals surface area contributed by atoms with E-state index < -0.39 is 0 Å². The minimum Gasteiger partial charge on any atom is -0.455 e. The summed E-state index contributed by atoms with van der Waals surface area (Å²) in [6, 6.07) is 26.2. The number of rotatable bonds is 0. The van der Waals surface area contributed by atoms with E-state index >= 15 is 0 Å². The molecule has 0 fully saturated rings. The molecule has 9 rings (SSSR count). The van der Waals surface area contributed by atoms with Gasteiger partial charge in [-0.05, 0) is 69.8 Å². The predicted molar refractivity (Wildman–Crippen MR) is 172 cm³/mol. The number of furan rings is 2. The van der Waals surface area contributed by atoms with E-state index in [-0.39, 0.29) is 10.8 Å². The highest BCUT2D eigenvalue weighted by atomic mass is 79.9. The minimum atomic E-state index is -0.190. The molecule has 194 valence electrons. The lowest BCUT2D eigenvalue weighted by Gasteiger charge is -2.24. The van der Waals surface area contributed by atoms with Crippen molar-refractivity contribution in [3.8, 4) is 22.3 Å². The molecule has 5 aromatic carbocycles. The molecule has 0 saturated carbocycles. The molecule has 7 aromatic rings. The summed E-state index contributed by atoms with van der Waals surface area (Å²) < 4.78 is 15.4. The van der Waals surface area contributed by atoms with Crippen LogP contribution in [0.15, 0.2) is 90.6 Å². The quantitative estimate of drug-likeness (QED) is 0.164. The van der Waals surface area contributed by atoms with Crippen molar-refractivity contribution in [1.82, 2.24) is 0 Å². The Labute approximate surface area is 248 Å². The first kappa shape index (κ1) is 23.4. The van der Waals surface area contributed by atoms with Crippen LogP contribution in [-0.2, 0) is 10.8 Å². The van der Waals surface area contributed by atoms with Crippen LogP contribution in [0.1, 0.15) is 49.9 Å². The van der Waals surface area contributed by atoms with Crippen LogP contribution in [0.25, 0.3) is 66.1 Å². The number of para-hydroxylation sites is 2. The lowest BCUT2D eigenvalue weighted by Crippen LogP contribution is -2.17. The summed E-state index contributed by atoms with van der Waals surface area (Å²) in [6.45, 7) is 9.35. The fourth-order valence-electron chi connectivity index (χ4n) is 7.56. The average Bonchev–Trinajstić information content (AvgIpc) is 3.62. The lowest BCUT2D eigenvalue weighted by atomic mass is 9.79. The zero-order chi connectivity index (χ0) is 27.3. The lowest BCUT2D eigenvalue weighted by molar-refractivity contribution is 0.648. The van der Waals surface area contributed by atoms with Gasteiger partial charge in [-0.1, -0.05) is 96.0 Å². The van der Waals surface area contributed by atoms with Crippen molar-refractivity contribution in [2.75, 3.05) is 0 Å². The number of benzene rings is 5. The monoisotopic (exact) mass is 646 g/mol. The zero-order valence-electron chi connectivity index (χ0n) is 22.5. The van der Waals surface area contributed by atoms with Crippen LogP contribution < -0.4 is 0 Å². The summed E-state index contributed by atoms with van der Waals surface area (Å²) in [4.78, 5) is 0. The standard InChI is InChI=1S/C36H24Br2O2/c1-35(2)21-13-20-22(14-19(21)29-23(35)15-25(37)31-17-9-5-7-11-27(17)39-33(29)31)36(3,4)24-16-26(38)32-18-10-6-8-12-28(18)40-34(32)30(20)24/h5-16H,1-4H3. The third-order valence-corrected chi connectivity index (χ3v) is 10.8. The summed E-state index contributed by atoms with van der Waals surface area (Å²) in [5.74, 6) is 0. The molecule has 0 aliphatic heterocycles. The van der Waals surface area contributed by atoms with Crippen molar-refractivity contribution in [2.45, 2.75) is 38.5 Å². The number of hydrogen-bond acceptors (Lipinski definition) is 2. The molecule has 2 heterocycles. The van der Waals surface area contributed by atoms with E-state index in [1.807, 2.05) is 12.1 Å². The Bertz CT molecular complexity index is 2130. The molecule has 0 bridgehead atoms. The first-order valence-electron chi connectivity index (χ1n) is 13.7. The van der Waals surface area contributed by atoms with Gasteiger partial charge in [0.2, 0.25) is 0 Å². The minimum absolute atomic E-state index is 0.190. The Balaban J connectivity index is 1.41. The summed E-state index contributed by atoms with van der Waals surface area (Å²) in [5.41, 5.74) is 13.6. The topological polar surface area (TPSA) is 26.3 Å². The third-order valence-electron chi connectivity index (χ3n) is 9.59. The molecule has 0 unspecified atom stereocenters. The van der Waals surface area contributed by atoms with Crippen LogP contribution in [0.3, 0.4) is 0 Å². The van der Waals surface area contributed by atoms with Gasteiger partial charge in [-0.25, -0.2) is 0 Å². The van der Waals surface area contributed by atoms with Gasteiger partial charge in [-0.15, -0.1) is 0 Å². The fourth-order valence-corrected chi connectivity index (χ4v) is 8.81. The van der Waals surface area contributed by atoms with Gasteiger partial charge in [0.1, 0.15) is 22.3 Å².